The van der Waals surface area contributed by atoms with Gasteiger partial charge in [-0.1, -0.05) is 55.8 Å². The number of amides is 1. The second-order valence-corrected chi connectivity index (χ2v) is 10.3. The molecule has 0 fully saturated rings. The molecule has 1 atom stereocenters. The molecule has 1 aliphatic carbocycles. The Kier molecular flexibility index (Phi) is 7.79. The molecule has 1 aromatic heterocycles. The molecule has 1 aromatic carbocycles. The van der Waals surface area contributed by atoms with Crippen LogP contribution in [0.25, 0.3) is 0 Å². The molecule has 204 valence electrons. The highest BCUT2D eigenvalue weighted by Crippen LogP contribution is 2.29. The molecule has 0 saturated heterocycles. The number of allylic oxidation sites excluding steroid dienone is 4. The van der Waals surface area contributed by atoms with E-state index in [0.29, 0.717) is 41.0 Å². The lowest BCUT2D eigenvalue weighted by atomic mass is 9.96. The fraction of sp³-hybridized carbons (Fsp3) is 0.345. The van der Waals surface area contributed by atoms with E-state index in [2.05, 4.69) is 25.2 Å². The summed E-state index contributed by atoms with van der Waals surface area (Å²) < 4.78 is 12.5. The maximum atomic E-state index is 13.5. The molecule has 2 aromatic rings. The summed E-state index contributed by atoms with van der Waals surface area (Å²) in [6.07, 6.45) is 10.9. The Labute approximate surface area is 232 Å². The molecule has 3 aliphatic rings. The minimum Gasteiger partial charge on any atom is -0.465 e. The lowest BCUT2D eigenvalue weighted by Gasteiger charge is -2.30. The number of ether oxygens (including phenoxy) is 2. The zero-order valence-corrected chi connectivity index (χ0v) is 22.9. The predicted octanol–water partition coefficient (Wildman–Crippen LogP) is 4.66. The van der Waals surface area contributed by atoms with E-state index < -0.39 is 0 Å². The topological polar surface area (TPSA) is 94.9 Å². The number of benzene rings is 1. The Morgan fingerprint density at radius 2 is 1.97 bits per heavy atom. The normalized spacial score (nSPS) is 17.3. The van der Waals surface area contributed by atoms with E-state index in [1.807, 2.05) is 36.4 Å². The summed E-state index contributed by atoms with van der Waals surface area (Å²) in [5, 5.41) is 4.04. The summed E-state index contributed by atoms with van der Waals surface area (Å²) in [5.74, 6) is 0.731. The predicted molar refractivity (Wildman–Crippen MR) is 148 cm³/mol. The lowest BCUT2D eigenvalue weighted by molar-refractivity contribution is -0.131. The molecule has 0 spiro atoms. The molecule has 0 saturated carbocycles. The van der Waals surface area contributed by atoms with Gasteiger partial charge in [-0.3, -0.25) is 9.59 Å². The van der Waals surface area contributed by atoms with Gasteiger partial charge in [-0.05, 0) is 42.0 Å². The third-order valence-corrected chi connectivity index (χ3v) is 7.21. The molecular weight excluding hydrogens is 520 g/mol. The molecule has 2 aliphatic heterocycles. The summed E-state index contributed by atoms with van der Waals surface area (Å²) in [7, 11) is 1.42. The maximum Gasteiger partial charge on any atom is 0.293 e. The first-order valence-corrected chi connectivity index (χ1v) is 13.3. The second-order valence-electron chi connectivity index (χ2n) is 9.90. The Morgan fingerprint density at radius 3 is 2.67 bits per heavy atom. The zero-order valence-electron chi connectivity index (χ0n) is 22.1. The van der Waals surface area contributed by atoms with Crippen molar-refractivity contribution in [2.45, 2.75) is 45.7 Å². The van der Waals surface area contributed by atoms with Gasteiger partial charge in [-0.25, -0.2) is 4.98 Å². The van der Waals surface area contributed by atoms with Crippen molar-refractivity contribution < 1.29 is 19.1 Å². The van der Waals surface area contributed by atoms with Crippen LogP contribution >= 0.6 is 11.6 Å². The Morgan fingerprint density at radius 1 is 1.18 bits per heavy atom. The molecule has 1 amide bonds. The molecule has 1 N–H and O–H groups in total. The number of fused-ring (bicyclic) bond motifs is 1. The van der Waals surface area contributed by atoms with Crippen molar-refractivity contribution in [3.8, 4) is 0 Å². The van der Waals surface area contributed by atoms with Crippen LogP contribution in [-0.4, -0.2) is 34.2 Å². The minimum atomic E-state index is -0.365. The molecule has 0 radical (unpaired) electrons. The highest BCUT2D eigenvalue weighted by Gasteiger charge is 2.31. The number of carbonyl (C=O) groups excluding carboxylic acids is 1. The lowest BCUT2D eigenvalue weighted by Crippen LogP contribution is -2.43. The van der Waals surface area contributed by atoms with Crippen molar-refractivity contribution >= 4 is 23.5 Å². The summed E-state index contributed by atoms with van der Waals surface area (Å²) >= 11 is 6.08. The van der Waals surface area contributed by atoms with E-state index in [-0.39, 0.29) is 35.7 Å². The first-order chi connectivity index (χ1) is 18.9. The van der Waals surface area contributed by atoms with E-state index in [4.69, 9.17) is 30.9 Å². The molecule has 3 heterocycles. The number of halogens is 1. The Hall–Kier alpha value is -3.98. The largest absolute Gasteiger partial charge is 0.465 e. The van der Waals surface area contributed by atoms with Crippen LogP contribution in [-0.2, 0) is 27.2 Å². The van der Waals surface area contributed by atoms with Gasteiger partial charge in [0.2, 0.25) is 11.7 Å². The van der Waals surface area contributed by atoms with Crippen molar-refractivity contribution in [3.63, 3.8) is 0 Å². The van der Waals surface area contributed by atoms with Crippen molar-refractivity contribution in [1.82, 2.24) is 14.6 Å². The Bertz CT molecular complexity index is 1440. The number of aromatic nitrogens is 2. The third-order valence-electron chi connectivity index (χ3n) is 6.95. The number of nitrogens with zero attached hydrogens (tertiary/aromatic N) is 3. The van der Waals surface area contributed by atoms with Crippen molar-refractivity contribution in [2.24, 2.45) is 5.92 Å². The third kappa shape index (κ3) is 5.59. The van der Waals surface area contributed by atoms with Crippen LogP contribution in [0.2, 0.25) is 5.02 Å². The van der Waals surface area contributed by atoms with Crippen LogP contribution in [0.3, 0.4) is 0 Å². The maximum absolute atomic E-state index is 13.5. The van der Waals surface area contributed by atoms with Gasteiger partial charge < -0.3 is 24.5 Å². The van der Waals surface area contributed by atoms with E-state index in [9.17, 15) is 9.59 Å². The average molecular weight is 551 g/mol. The monoisotopic (exact) mass is 550 g/mol. The number of nitrogens with one attached hydrogen (secondary N) is 1. The van der Waals surface area contributed by atoms with Crippen molar-refractivity contribution in [2.75, 3.05) is 19.0 Å². The van der Waals surface area contributed by atoms with E-state index >= 15 is 0 Å². The second kappa shape index (κ2) is 11.4. The molecular formula is C29H31ClN4O5. The fourth-order valence-electron chi connectivity index (χ4n) is 4.86. The number of hydrogen-bond donors (Lipinski definition) is 1. The van der Waals surface area contributed by atoms with Crippen LogP contribution in [0.1, 0.15) is 49.6 Å². The first-order valence-electron chi connectivity index (χ1n) is 13.0. The summed E-state index contributed by atoms with van der Waals surface area (Å²) in [5.41, 5.74) is 2.65. The highest BCUT2D eigenvalue weighted by atomic mass is 35.5. The van der Waals surface area contributed by atoms with Gasteiger partial charge in [0.15, 0.2) is 5.76 Å². The summed E-state index contributed by atoms with van der Waals surface area (Å²) in [4.78, 5) is 38.6. The highest BCUT2D eigenvalue weighted by molar-refractivity contribution is 6.30. The standard InChI is InChI=1S/C29H31ClN4O5/c1-18(2)26(20-9-11-21(30)12-10-20)32-29-31-23-13-14-33(15-22(23)27(35)34(29)37-3)28(36)25-17-38-16-24(39-25)19-7-5-4-6-8-19/h4-5,7,9-12,16-18,26H,6,8,13-15H2,1-3H3,(H,31,32)/t26-/m0/s1. The molecule has 0 bridgehead atoms. The molecule has 39 heavy (non-hydrogen) atoms. The first kappa shape index (κ1) is 26.6. The summed E-state index contributed by atoms with van der Waals surface area (Å²) in [6.45, 7) is 4.62. The average Bonchev–Trinajstić information content (AvgIpc) is 2.96. The van der Waals surface area contributed by atoms with Crippen LogP contribution in [0.4, 0.5) is 5.95 Å². The van der Waals surface area contributed by atoms with Gasteiger partial charge in [0.25, 0.3) is 11.5 Å². The number of anilines is 1. The van der Waals surface area contributed by atoms with Gasteiger partial charge in [0, 0.05) is 18.0 Å². The van der Waals surface area contributed by atoms with Gasteiger partial charge in [-0.2, -0.15) is 0 Å². The SMILES string of the molecule is COn1c(N[C@H](c2ccc(Cl)cc2)C(C)C)nc2c(c1=O)CN(C(=O)C1=COC=C(C3=CC=CCC3)O1)CC2. The van der Waals surface area contributed by atoms with E-state index in [0.717, 1.165) is 28.7 Å². The van der Waals surface area contributed by atoms with Gasteiger partial charge >= 0.3 is 0 Å². The fourth-order valence-corrected chi connectivity index (χ4v) is 4.99. The van der Waals surface area contributed by atoms with Crippen molar-refractivity contribution in [3.05, 3.63) is 104 Å². The summed E-state index contributed by atoms with van der Waals surface area (Å²) in [6, 6.07) is 7.43. The van der Waals surface area contributed by atoms with Crippen LogP contribution < -0.4 is 15.7 Å². The van der Waals surface area contributed by atoms with Crippen LogP contribution in [0, 0.1) is 5.92 Å². The minimum absolute atomic E-state index is 0.0763. The van der Waals surface area contributed by atoms with Gasteiger partial charge in [0.1, 0.15) is 19.6 Å². The molecule has 9 nitrogen and oxygen atoms in total. The quantitative estimate of drug-likeness (QED) is 0.536. The van der Waals surface area contributed by atoms with Crippen LogP contribution in [0.15, 0.2) is 76.9 Å². The molecule has 0 unspecified atom stereocenters. The molecule has 10 heteroatoms. The number of hydrogen-bond acceptors (Lipinski definition) is 7. The van der Waals surface area contributed by atoms with Crippen LogP contribution in [0.5, 0.6) is 0 Å². The Balaban J connectivity index is 1.36. The van der Waals surface area contributed by atoms with E-state index in [1.165, 1.54) is 19.6 Å². The van der Waals surface area contributed by atoms with Gasteiger partial charge in [0.05, 0.1) is 23.8 Å². The van der Waals surface area contributed by atoms with E-state index in [1.54, 1.807) is 4.90 Å². The van der Waals surface area contributed by atoms with Crippen molar-refractivity contribution in [1.29, 1.82) is 0 Å². The smallest absolute Gasteiger partial charge is 0.293 e. The zero-order chi connectivity index (χ0) is 27.5. The molecule has 5 rings (SSSR count). The van der Waals surface area contributed by atoms with Gasteiger partial charge in [-0.15, -0.1) is 4.73 Å². The number of carbonyl (C=O) groups is 1. The number of rotatable bonds is 7.